The molecule has 2 rings (SSSR count). The van der Waals surface area contributed by atoms with Gasteiger partial charge in [0.25, 0.3) is 0 Å². The molecular weight excluding hydrogens is 222 g/mol. The van der Waals surface area contributed by atoms with E-state index >= 15 is 0 Å². The number of aryl methyl sites for hydroxylation is 2. The third-order valence-electron chi connectivity index (χ3n) is 3.38. The van der Waals surface area contributed by atoms with Crippen molar-refractivity contribution in [1.82, 2.24) is 4.98 Å². The molecule has 1 N–H and O–H groups in total. The zero-order valence-electron chi connectivity index (χ0n) is 11.5. The molecule has 1 heterocycles. The van der Waals surface area contributed by atoms with Crippen LogP contribution in [0.1, 0.15) is 50.4 Å². The lowest BCUT2D eigenvalue weighted by molar-refractivity contribution is 0.538. The van der Waals surface area contributed by atoms with E-state index < -0.39 is 0 Å². The number of aromatic nitrogens is 1. The summed E-state index contributed by atoms with van der Waals surface area (Å²) in [6.45, 7) is 6.56. The second kappa shape index (κ2) is 5.39. The van der Waals surface area contributed by atoms with Crippen LogP contribution in [0.2, 0.25) is 0 Å². The van der Waals surface area contributed by atoms with E-state index in [1.54, 1.807) is 0 Å². The topological polar surface area (TPSA) is 48.7 Å². The van der Waals surface area contributed by atoms with Crippen molar-refractivity contribution in [3.8, 4) is 6.07 Å². The lowest BCUT2D eigenvalue weighted by Crippen LogP contribution is -2.19. The van der Waals surface area contributed by atoms with Gasteiger partial charge in [-0.15, -0.1) is 0 Å². The summed E-state index contributed by atoms with van der Waals surface area (Å²) in [5, 5.41) is 12.6. The van der Waals surface area contributed by atoms with E-state index in [2.05, 4.69) is 37.1 Å². The number of fused-ring (bicyclic) bond motifs is 1. The molecule has 96 valence electrons. The number of hydrogen-bond donors (Lipinski definition) is 1. The Kier molecular flexibility index (Phi) is 3.86. The van der Waals surface area contributed by atoms with Gasteiger partial charge in [0.15, 0.2) is 0 Å². The number of anilines is 1. The first-order chi connectivity index (χ1) is 8.60. The van der Waals surface area contributed by atoms with Crippen LogP contribution in [0.5, 0.6) is 0 Å². The predicted molar refractivity (Wildman–Crippen MR) is 73.5 cm³/mol. The van der Waals surface area contributed by atoms with Crippen molar-refractivity contribution in [2.45, 2.75) is 52.5 Å². The standard InChI is InChI=1S/C15H21N3/c1-10(2)7-11(3)17-15-13(9-16)8-12-5-4-6-14(12)18-15/h8,10-11H,4-7H2,1-3H3,(H,17,18). The van der Waals surface area contributed by atoms with Crippen LogP contribution in [0.15, 0.2) is 6.07 Å². The zero-order chi connectivity index (χ0) is 13.1. The lowest BCUT2D eigenvalue weighted by atomic mass is 10.0. The van der Waals surface area contributed by atoms with E-state index in [0.29, 0.717) is 17.5 Å². The zero-order valence-corrected chi connectivity index (χ0v) is 11.5. The van der Waals surface area contributed by atoms with Gasteiger partial charge in [0.1, 0.15) is 11.9 Å². The largest absolute Gasteiger partial charge is 0.367 e. The van der Waals surface area contributed by atoms with Crippen molar-refractivity contribution in [2.24, 2.45) is 5.92 Å². The molecule has 0 saturated heterocycles. The monoisotopic (exact) mass is 243 g/mol. The van der Waals surface area contributed by atoms with Gasteiger partial charge in [-0.3, -0.25) is 0 Å². The van der Waals surface area contributed by atoms with Crippen molar-refractivity contribution in [2.75, 3.05) is 5.32 Å². The second-order valence-corrected chi connectivity index (χ2v) is 5.63. The third-order valence-corrected chi connectivity index (χ3v) is 3.38. The number of rotatable bonds is 4. The van der Waals surface area contributed by atoms with Crippen LogP contribution in [0.3, 0.4) is 0 Å². The van der Waals surface area contributed by atoms with Crippen molar-refractivity contribution >= 4 is 5.82 Å². The van der Waals surface area contributed by atoms with E-state index in [4.69, 9.17) is 0 Å². The average Bonchev–Trinajstić information content (AvgIpc) is 2.73. The number of hydrogen-bond acceptors (Lipinski definition) is 3. The van der Waals surface area contributed by atoms with E-state index in [9.17, 15) is 5.26 Å². The fourth-order valence-corrected chi connectivity index (χ4v) is 2.67. The Labute approximate surface area is 109 Å². The lowest BCUT2D eigenvalue weighted by Gasteiger charge is -2.18. The fourth-order valence-electron chi connectivity index (χ4n) is 2.67. The SMILES string of the molecule is CC(C)CC(C)Nc1nc2c(cc1C#N)CCC2. The van der Waals surface area contributed by atoms with Crippen LogP contribution in [-0.2, 0) is 12.8 Å². The normalized spacial score (nSPS) is 15.3. The van der Waals surface area contributed by atoms with Crippen LogP contribution in [0.25, 0.3) is 0 Å². The van der Waals surface area contributed by atoms with Gasteiger partial charge >= 0.3 is 0 Å². The van der Waals surface area contributed by atoms with Crippen LogP contribution < -0.4 is 5.32 Å². The first-order valence-corrected chi connectivity index (χ1v) is 6.79. The average molecular weight is 243 g/mol. The third kappa shape index (κ3) is 2.81. The van der Waals surface area contributed by atoms with E-state index in [-0.39, 0.29) is 0 Å². The molecule has 0 bridgehead atoms. The van der Waals surface area contributed by atoms with Gasteiger partial charge in [0.2, 0.25) is 0 Å². The number of nitrogens with one attached hydrogen (secondary N) is 1. The fraction of sp³-hybridized carbons (Fsp3) is 0.600. The van der Waals surface area contributed by atoms with Crippen molar-refractivity contribution < 1.29 is 0 Å². The Morgan fingerprint density at radius 1 is 1.39 bits per heavy atom. The molecule has 18 heavy (non-hydrogen) atoms. The summed E-state index contributed by atoms with van der Waals surface area (Å²) < 4.78 is 0. The highest BCUT2D eigenvalue weighted by Crippen LogP contribution is 2.25. The van der Waals surface area contributed by atoms with Gasteiger partial charge < -0.3 is 5.32 Å². The molecule has 0 fully saturated rings. The summed E-state index contributed by atoms with van der Waals surface area (Å²) in [7, 11) is 0. The van der Waals surface area contributed by atoms with Gasteiger partial charge in [-0.25, -0.2) is 4.98 Å². The van der Waals surface area contributed by atoms with Crippen LogP contribution in [0, 0.1) is 17.2 Å². The number of nitrogens with zero attached hydrogens (tertiary/aromatic N) is 2. The molecule has 0 saturated carbocycles. The minimum Gasteiger partial charge on any atom is -0.367 e. The Morgan fingerprint density at radius 3 is 2.83 bits per heavy atom. The Bertz CT molecular complexity index is 471. The van der Waals surface area contributed by atoms with E-state index in [1.165, 1.54) is 11.3 Å². The summed E-state index contributed by atoms with van der Waals surface area (Å²) in [6, 6.07) is 4.62. The van der Waals surface area contributed by atoms with Gasteiger partial charge in [-0.05, 0) is 50.2 Å². The molecule has 0 spiro atoms. The van der Waals surface area contributed by atoms with Gasteiger partial charge in [0.05, 0.1) is 5.56 Å². The first kappa shape index (κ1) is 12.9. The highest BCUT2D eigenvalue weighted by Gasteiger charge is 2.17. The van der Waals surface area contributed by atoms with Crippen LogP contribution >= 0.6 is 0 Å². The van der Waals surface area contributed by atoms with Crippen LogP contribution in [-0.4, -0.2) is 11.0 Å². The predicted octanol–water partition coefficient (Wildman–Crippen LogP) is 3.29. The van der Waals surface area contributed by atoms with Crippen molar-refractivity contribution in [3.05, 3.63) is 22.9 Å². The Morgan fingerprint density at radius 2 is 2.17 bits per heavy atom. The molecule has 1 aliphatic rings. The Hall–Kier alpha value is -1.56. The summed E-state index contributed by atoms with van der Waals surface area (Å²) in [5.74, 6) is 1.42. The van der Waals surface area contributed by atoms with Gasteiger partial charge in [-0.2, -0.15) is 5.26 Å². The molecule has 1 aliphatic carbocycles. The number of pyridine rings is 1. The quantitative estimate of drug-likeness (QED) is 0.882. The van der Waals surface area contributed by atoms with Gasteiger partial charge in [-0.1, -0.05) is 13.8 Å². The molecule has 0 aromatic carbocycles. The molecule has 1 atom stereocenters. The molecule has 1 aromatic rings. The summed E-state index contributed by atoms with van der Waals surface area (Å²) in [6.07, 6.45) is 4.37. The smallest absolute Gasteiger partial charge is 0.144 e. The molecule has 0 aliphatic heterocycles. The molecule has 1 unspecified atom stereocenters. The van der Waals surface area contributed by atoms with Crippen LogP contribution in [0.4, 0.5) is 5.82 Å². The highest BCUT2D eigenvalue weighted by molar-refractivity contribution is 5.55. The van der Waals surface area contributed by atoms with Crippen molar-refractivity contribution in [3.63, 3.8) is 0 Å². The number of nitriles is 1. The van der Waals surface area contributed by atoms with E-state index in [0.717, 1.165) is 31.5 Å². The molecular formula is C15H21N3. The maximum absolute atomic E-state index is 9.21. The molecule has 3 heteroatoms. The minimum atomic E-state index is 0.351. The maximum Gasteiger partial charge on any atom is 0.144 e. The molecule has 1 aromatic heterocycles. The van der Waals surface area contributed by atoms with Gasteiger partial charge in [0, 0.05) is 11.7 Å². The molecule has 3 nitrogen and oxygen atoms in total. The Balaban J connectivity index is 2.19. The first-order valence-electron chi connectivity index (χ1n) is 6.79. The second-order valence-electron chi connectivity index (χ2n) is 5.63. The summed E-state index contributed by atoms with van der Waals surface area (Å²) in [5.41, 5.74) is 3.12. The maximum atomic E-state index is 9.21. The summed E-state index contributed by atoms with van der Waals surface area (Å²) in [4.78, 5) is 4.64. The van der Waals surface area contributed by atoms with E-state index in [1.807, 2.05) is 6.07 Å². The molecule has 0 amide bonds. The van der Waals surface area contributed by atoms with Crippen molar-refractivity contribution in [1.29, 1.82) is 5.26 Å². The minimum absolute atomic E-state index is 0.351. The highest BCUT2D eigenvalue weighted by atomic mass is 15.0. The molecule has 0 radical (unpaired) electrons. The summed E-state index contributed by atoms with van der Waals surface area (Å²) >= 11 is 0.